The predicted molar refractivity (Wildman–Crippen MR) is 89.2 cm³/mol. The molecule has 0 atom stereocenters. The SMILES string of the molecule is CN1CCN(c2ccc(C3OC(C)(C)C(C)(C)O3)cc2)CC1. The maximum atomic E-state index is 6.11. The maximum absolute atomic E-state index is 6.11. The smallest absolute Gasteiger partial charge is 0.185 e. The lowest BCUT2D eigenvalue weighted by atomic mass is 9.90. The third-order valence-corrected chi connectivity index (χ3v) is 5.29. The van der Waals surface area contributed by atoms with Crippen molar-refractivity contribution in [2.45, 2.75) is 45.2 Å². The van der Waals surface area contributed by atoms with Gasteiger partial charge in [0, 0.05) is 37.4 Å². The molecule has 0 bridgehead atoms. The van der Waals surface area contributed by atoms with Crippen LogP contribution in [0.4, 0.5) is 5.69 Å². The van der Waals surface area contributed by atoms with E-state index in [9.17, 15) is 0 Å². The van der Waals surface area contributed by atoms with Gasteiger partial charge >= 0.3 is 0 Å². The average molecular weight is 304 g/mol. The zero-order valence-electron chi connectivity index (χ0n) is 14.4. The van der Waals surface area contributed by atoms with Gasteiger partial charge in [-0.05, 0) is 46.9 Å². The van der Waals surface area contributed by atoms with E-state index in [4.69, 9.17) is 9.47 Å². The van der Waals surface area contributed by atoms with Crippen LogP contribution in [0.3, 0.4) is 0 Å². The van der Waals surface area contributed by atoms with Crippen molar-refractivity contribution in [2.24, 2.45) is 0 Å². The van der Waals surface area contributed by atoms with Gasteiger partial charge < -0.3 is 19.3 Å². The molecule has 0 aromatic heterocycles. The van der Waals surface area contributed by atoms with Gasteiger partial charge in [-0.15, -0.1) is 0 Å². The van der Waals surface area contributed by atoms with Crippen LogP contribution in [0, 0.1) is 0 Å². The quantitative estimate of drug-likeness (QED) is 0.838. The Bertz CT molecular complexity index is 500. The van der Waals surface area contributed by atoms with Crippen molar-refractivity contribution >= 4 is 5.69 Å². The van der Waals surface area contributed by atoms with E-state index >= 15 is 0 Å². The Kier molecular flexibility index (Phi) is 3.96. The molecule has 0 aliphatic carbocycles. The van der Waals surface area contributed by atoms with E-state index in [2.05, 4.69) is 68.8 Å². The van der Waals surface area contributed by atoms with Crippen LogP contribution in [0.25, 0.3) is 0 Å². The summed E-state index contributed by atoms with van der Waals surface area (Å²) in [6.07, 6.45) is -0.272. The van der Waals surface area contributed by atoms with Crippen LogP contribution in [-0.4, -0.2) is 49.3 Å². The van der Waals surface area contributed by atoms with Gasteiger partial charge in [-0.1, -0.05) is 12.1 Å². The summed E-state index contributed by atoms with van der Waals surface area (Å²) in [6, 6.07) is 8.64. The molecular formula is C18H28N2O2. The van der Waals surface area contributed by atoms with Crippen LogP contribution in [0.1, 0.15) is 39.5 Å². The molecule has 0 N–H and O–H groups in total. The Hall–Kier alpha value is -1.10. The molecule has 22 heavy (non-hydrogen) atoms. The first kappa shape index (κ1) is 15.8. The van der Waals surface area contributed by atoms with E-state index in [-0.39, 0.29) is 17.5 Å². The van der Waals surface area contributed by atoms with Gasteiger partial charge in [0.05, 0.1) is 11.2 Å². The maximum Gasteiger partial charge on any atom is 0.185 e. The van der Waals surface area contributed by atoms with Crippen molar-refractivity contribution < 1.29 is 9.47 Å². The zero-order valence-corrected chi connectivity index (χ0v) is 14.4. The van der Waals surface area contributed by atoms with Crippen molar-refractivity contribution in [3.63, 3.8) is 0 Å². The zero-order chi connectivity index (χ0) is 16.0. The molecule has 0 saturated carbocycles. The minimum Gasteiger partial charge on any atom is -0.369 e. The second-order valence-corrected chi connectivity index (χ2v) is 7.47. The molecule has 1 aromatic rings. The molecule has 0 unspecified atom stereocenters. The molecule has 1 aromatic carbocycles. The van der Waals surface area contributed by atoms with Gasteiger partial charge in [-0.2, -0.15) is 0 Å². The molecule has 2 fully saturated rings. The molecule has 0 spiro atoms. The summed E-state index contributed by atoms with van der Waals surface area (Å²) < 4.78 is 12.2. The van der Waals surface area contributed by atoms with Gasteiger partial charge in [0.25, 0.3) is 0 Å². The highest BCUT2D eigenvalue weighted by Crippen LogP contribution is 2.44. The Labute approximate surface area is 134 Å². The highest BCUT2D eigenvalue weighted by atomic mass is 16.7. The standard InChI is InChI=1S/C18H28N2O2/c1-17(2)18(3,4)22-16(21-17)14-6-8-15(9-7-14)20-12-10-19(5)11-13-20/h6-9,16H,10-13H2,1-5H3. The number of rotatable bonds is 2. The van der Waals surface area contributed by atoms with E-state index in [1.165, 1.54) is 5.69 Å². The van der Waals surface area contributed by atoms with Crippen LogP contribution in [0.2, 0.25) is 0 Å². The summed E-state index contributed by atoms with van der Waals surface area (Å²) in [6.45, 7) is 12.8. The summed E-state index contributed by atoms with van der Waals surface area (Å²) in [4.78, 5) is 4.81. The molecule has 4 nitrogen and oxygen atoms in total. The van der Waals surface area contributed by atoms with Crippen molar-refractivity contribution in [3.8, 4) is 0 Å². The van der Waals surface area contributed by atoms with Gasteiger partial charge in [-0.3, -0.25) is 0 Å². The minimum absolute atomic E-state index is 0.272. The number of likely N-dealkylation sites (N-methyl/N-ethyl adjacent to an activating group) is 1. The number of anilines is 1. The summed E-state index contributed by atoms with van der Waals surface area (Å²) in [5.41, 5.74) is 1.81. The van der Waals surface area contributed by atoms with Crippen molar-refractivity contribution in [1.82, 2.24) is 4.90 Å². The molecule has 2 saturated heterocycles. The average Bonchev–Trinajstić information content (AvgIpc) is 2.68. The van der Waals surface area contributed by atoms with Crippen LogP contribution < -0.4 is 4.90 Å². The molecule has 2 aliphatic heterocycles. The second-order valence-electron chi connectivity index (χ2n) is 7.47. The first-order chi connectivity index (χ1) is 10.3. The van der Waals surface area contributed by atoms with E-state index in [0.717, 1.165) is 31.7 Å². The number of benzene rings is 1. The van der Waals surface area contributed by atoms with Crippen molar-refractivity contribution in [2.75, 3.05) is 38.1 Å². The van der Waals surface area contributed by atoms with Gasteiger partial charge in [-0.25, -0.2) is 0 Å². The van der Waals surface area contributed by atoms with Gasteiger partial charge in [0.15, 0.2) is 6.29 Å². The Morgan fingerprint density at radius 1 is 0.864 bits per heavy atom. The number of hydrogen-bond donors (Lipinski definition) is 0. The van der Waals surface area contributed by atoms with Crippen molar-refractivity contribution in [3.05, 3.63) is 29.8 Å². The Balaban J connectivity index is 1.70. The van der Waals surface area contributed by atoms with Crippen LogP contribution in [-0.2, 0) is 9.47 Å². The lowest BCUT2D eigenvalue weighted by Gasteiger charge is -2.34. The lowest BCUT2D eigenvalue weighted by molar-refractivity contribution is -0.0895. The highest BCUT2D eigenvalue weighted by Gasteiger charge is 2.49. The molecular weight excluding hydrogens is 276 g/mol. The van der Waals surface area contributed by atoms with Crippen LogP contribution >= 0.6 is 0 Å². The third-order valence-electron chi connectivity index (χ3n) is 5.29. The fourth-order valence-corrected chi connectivity index (χ4v) is 2.89. The van der Waals surface area contributed by atoms with Gasteiger partial charge in [0.2, 0.25) is 0 Å². The molecule has 4 heteroatoms. The molecule has 0 radical (unpaired) electrons. The summed E-state index contributed by atoms with van der Waals surface area (Å²) in [7, 11) is 2.18. The van der Waals surface area contributed by atoms with E-state index in [0.29, 0.717) is 0 Å². The van der Waals surface area contributed by atoms with Crippen LogP contribution in [0.15, 0.2) is 24.3 Å². The number of ether oxygens (including phenoxy) is 2. The normalized spacial score (nSPS) is 25.6. The number of nitrogens with zero attached hydrogens (tertiary/aromatic N) is 2. The monoisotopic (exact) mass is 304 g/mol. The number of hydrogen-bond acceptors (Lipinski definition) is 4. The first-order valence-corrected chi connectivity index (χ1v) is 8.18. The molecule has 122 valence electrons. The lowest BCUT2D eigenvalue weighted by Crippen LogP contribution is -2.44. The fraction of sp³-hybridized carbons (Fsp3) is 0.667. The summed E-state index contributed by atoms with van der Waals surface area (Å²) >= 11 is 0. The first-order valence-electron chi connectivity index (χ1n) is 8.18. The van der Waals surface area contributed by atoms with Crippen LogP contribution in [0.5, 0.6) is 0 Å². The topological polar surface area (TPSA) is 24.9 Å². The van der Waals surface area contributed by atoms with E-state index in [1.807, 2.05) is 0 Å². The predicted octanol–water partition coefficient (Wildman–Crippen LogP) is 3.04. The van der Waals surface area contributed by atoms with Crippen molar-refractivity contribution in [1.29, 1.82) is 0 Å². The molecule has 0 amide bonds. The van der Waals surface area contributed by atoms with Gasteiger partial charge in [0.1, 0.15) is 0 Å². The third kappa shape index (κ3) is 2.87. The molecule has 3 rings (SSSR count). The highest BCUT2D eigenvalue weighted by molar-refractivity contribution is 5.48. The summed E-state index contributed by atoms with van der Waals surface area (Å²) in [5.74, 6) is 0. The minimum atomic E-state index is -0.284. The second kappa shape index (κ2) is 5.52. The van der Waals surface area contributed by atoms with E-state index in [1.54, 1.807) is 0 Å². The largest absolute Gasteiger partial charge is 0.369 e. The summed E-state index contributed by atoms with van der Waals surface area (Å²) in [5, 5.41) is 0. The van der Waals surface area contributed by atoms with E-state index < -0.39 is 0 Å². The number of piperazine rings is 1. The Morgan fingerprint density at radius 3 is 1.86 bits per heavy atom. The molecule has 2 heterocycles. The molecule has 2 aliphatic rings. The fourth-order valence-electron chi connectivity index (χ4n) is 2.89. The Morgan fingerprint density at radius 2 is 1.36 bits per heavy atom.